The van der Waals surface area contributed by atoms with Crippen LogP contribution in [-0.2, 0) is 0 Å². The van der Waals surface area contributed by atoms with Crippen LogP contribution >= 0.6 is 11.6 Å². The lowest BCUT2D eigenvalue weighted by Crippen LogP contribution is -2.32. The molecule has 4 N–H and O–H groups in total. The van der Waals surface area contributed by atoms with Crippen molar-refractivity contribution in [3.63, 3.8) is 0 Å². The summed E-state index contributed by atoms with van der Waals surface area (Å²) in [6.45, 7) is 0.477. The number of nitrogens with one attached hydrogen (secondary N) is 2. The molecule has 4 aromatic rings. The van der Waals surface area contributed by atoms with Crippen molar-refractivity contribution in [1.29, 1.82) is 0 Å². The smallest absolute Gasteiger partial charge is 0.319 e. The lowest BCUT2D eigenvalue weighted by molar-refractivity contribution is 0.247. The Hall–Kier alpha value is -3.84. The Balaban J connectivity index is 1.40. The number of carbonyl (C=O) groups excluding carboxylic acids is 1. The van der Waals surface area contributed by atoms with E-state index in [0.717, 1.165) is 16.5 Å². The number of rotatable bonds is 6. The van der Waals surface area contributed by atoms with Crippen LogP contribution in [0.2, 0.25) is 5.02 Å². The lowest BCUT2D eigenvalue weighted by Gasteiger charge is -2.12. The summed E-state index contributed by atoms with van der Waals surface area (Å²) in [6.07, 6.45) is 0. The first-order valence-electron chi connectivity index (χ1n) is 9.88. The first-order valence-corrected chi connectivity index (χ1v) is 10.3. The van der Waals surface area contributed by atoms with Crippen LogP contribution in [0.3, 0.4) is 0 Å². The molecule has 0 atom stereocenters. The van der Waals surface area contributed by atoms with Crippen LogP contribution < -0.4 is 21.1 Å². The number of carbonyl (C=O) groups is 1. The molecule has 1 heterocycles. The van der Waals surface area contributed by atoms with Gasteiger partial charge in [0.25, 0.3) is 0 Å². The average Bonchev–Trinajstić information content (AvgIpc) is 2.79. The third-order valence-corrected chi connectivity index (χ3v) is 5.04. The van der Waals surface area contributed by atoms with Crippen molar-refractivity contribution in [2.75, 3.05) is 24.2 Å². The van der Waals surface area contributed by atoms with Crippen LogP contribution in [0.1, 0.15) is 0 Å². The molecule has 0 saturated heterocycles. The van der Waals surface area contributed by atoms with Crippen molar-refractivity contribution >= 4 is 40.0 Å². The number of aromatic nitrogens is 1. The van der Waals surface area contributed by atoms with E-state index in [-0.39, 0.29) is 18.8 Å². The normalized spacial score (nSPS) is 10.7. The van der Waals surface area contributed by atoms with Gasteiger partial charge in [-0.15, -0.1) is 0 Å². The molecule has 8 heteroatoms. The maximum Gasteiger partial charge on any atom is 0.319 e. The maximum atomic E-state index is 13.6. The average molecular weight is 451 g/mol. The van der Waals surface area contributed by atoms with Gasteiger partial charge in [0.1, 0.15) is 24.0 Å². The molecule has 3 aromatic carbocycles. The maximum absolute atomic E-state index is 13.6. The number of fused-ring (bicyclic) bond motifs is 1. The second-order valence-corrected chi connectivity index (χ2v) is 7.37. The van der Waals surface area contributed by atoms with Gasteiger partial charge >= 0.3 is 6.03 Å². The fourth-order valence-electron chi connectivity index (χ4n) is 3.29. The van der Waals surface area contributed by atoms with Gasteiger partial charge in [0.2, 0.25) is 0 Å². The van der Waals surface area contributed by atoms with Crippen molar-refractivity contribution in [1.82, 2.24) is 10.3 Å². The van der Waals surface area contributed by atoms with Gasteiger partial charge in [0.05, 0.1) is 22.8 Å². The minimum atomic E-state index is -0.511. The Labute approximate surface area is 189 Å². The number of nitrogens with zero attached hydrogens (tertiary/aromatic N) is 1. The molecule has 162 valence electrons. The van der Waals surface area contributed by atoms with Gasteiger partial charge in [0.15, 0.2) is 0 Å². The van der Waals surface area contributed by atoms with Crippen molar-refractivity contribution in [3.8, 4) is 16.9 Å². The summed E-state index contributed by atoms with van der Waals surface area (Å²) in [6, 6.07) is 20.3. The molecular weight excluding hydrogens is 431 g/mol. The Morgan fingerprint density at radius 2 is 1.88 bits per heavy atom. The van der Waals surface area contributed by atoms with E-state index in [1.807, 2.05) is 36.4 Å². The van der Waals surface area contributed by atoms with Gasteiger partial charge in [-0.3, -0.25) is 0 Å². The highest BCUT2D eigenvalue weighted by molar-refractivity contribution is 6.35. The second-order valence-electron chi connectivity index (χ2n) is 6.97. The zero-order chi connectivity index (χ0) is 22.5. The summed E-state index contributed by atoms with van der Waals surface area (Å²) in [7, 11) is 0. The number of anilines is 2. The highest BCUT2D eigenvalue weighted by atomic mass is 35.5. The zero-order valence-corrected chi connectivity index (χ0v) is 17.7. The Bertz CT molecular complexity index is 1280. The van der Waals surface area contributed by atoms with Crippen LogP contribution in [0.5, 0.6) is 5.75 Å². The summed E-state index contributed by atoms with van der Waals surface area (Å²) in [5.41, 5.74) is 8.53. The molecule has 0 aliphatic heterocycles. The van der Waals surface area contributed by atoms with Gasteiger partial charge in [-0.1, -0.05) is 48.0 Å². The van der Waals surface area contributed by atoms with E-state index < -0.39 is 11.8 Å². The number of hydrogen-bond donors (Lipinski definition) is 3. The van der Waals surface area contributed by atoms with Crippen molar-refractivity contribution < 1.29 is 13.9 Å². The predicted molar refractivity (Wildman–Crippen MR) is 126 cm³/mol. The van der Waals surface area contributed by atoms with E-state index in [1.54, 1.807) is 24.3 Å². The molecule has 0 radical (unpaired) electrons. The SMILES string of the molecule is Nc1cc(-c2cccc(OCCNC(=O)Nc3ccccc3F)c2)c2cccc(Cl)c2n1. The number of para-hydroxylation sites is 2. The Morgan fingerprint density at radius 3 is 2.72 bits per heavy atom. The van der Waals surface area contributed by atoms with Crippen molar-refractivity contribution in [2.45, 2.75) is 0 Å². The molecular formula is C24H20ClFN4O2. The van der Waals surface area contributed by atoms with Crippen LogP contribution in [0.25, 0.3) is 22.0 Å². The molecule has 0 fully saturated rings. The number of nitrogen functional groups attached to an aromatic ring is 1. The molecule has 0 aliphatic rings. The minimum Gasteiger partial charge on any atom is -0.492 e. The molecule has 1 aromatic heterocycles. The number of amides is 2. The topological polar surface area (TPSA) is 89.3 Å². The number of benzene rings is 3. The predicted octanol–water partition coefficient (Wildman–Crippen LogP) is 5.48. The monoisotopic (exact) mass is 450 g/mol. The summed E-state index contributed by atoms with van der Waals surface area (Å²) in [5.74, 6) is 0.502. The second kappa shape index (κ2) is 9.53. The van der Waals surface area contributed by atoms with Gasteiger partial charge in [-0.25, -0.2) is 14.2 Å². The summed E-state index contributed by atoms with van der Waals surface area (Å²) in [5, 5.41) is 6.50. The first kappa shape index (κ1) is 21.4. The number of hydrogen-bond acceptors (Lipinski definition) is 4. The van der Waals surface area contributed by atoms with Crippen LogP contribution in [0.4, 0.5) is 20.7 Å². The summed E-state index contributed by atoms with van der Waals surface area (Å²) in [4.78, 5) is 16.3. The van der Waals surface area contributed by atoms with Gasteiger partial charge in [-0.2, -0.15) is 0 Å². The lowest BCUT2D eigenvalue weighted by atomic mass is 10.0. The molecule has 0 spiro atoms. The molecule has 2 amide bonds. The van der Waals surface area contributed by atoms with E-state index in [4.69, 9.17) is 22.1 Å². The highest BCUT2D eigenvalue weighted by Crippen LogP contribution is 2.34. The van der Waals surface area contributed by atoms with Crippen molar-refractivity contribution in [2.24, 2.45) is 0 Å². The highest BCUT2D eigenvalue weighted by Gasteiger charge is 2.10. The zero-order valence-electron chi connectivity index (χ0n) is 16.9. The van der Waals surface area contributed by atoms with Crippen molar-refractivity contribution in [3.05, 3.63) is 83.6 Å². The van der Waals surface area contributed by atoms with E-state index >= 15 is 0 Å². The molecule has 4 rings (SSSR count). The van der Waals surface area contributed by atoms with Crippen LogP contribution in [0, 0.1) is 5.82 Å². The van der Waals surface area contributed by atoms with E-state index in [1.165, 1.54) is 12.1 Å². The van der Waals surface area contributed by atoms with Gasteiger partial charge in [-0.05, 0) is 47.5 Å². The number of urea groups is 1. The molecule has 6 nitrogen and oxygen atoms in total. The fraction of sp³-hybridized carbons (Fsp3) is 0.0833. The third kappa shape index (κ3) is 4.90. The quantitative estimate of drug-likeness (QED) is 0.339. The Morgan fingerprint density at radius 1 is 1.06 bits per heavy atom. The van der Waals surface area contributed by atoms with Gasteiger partial charge < -0.3 is 21.1 Å². The number of pyridine rings is 1. The van der Waals surface area contributed by atoms with E-state index in [9.17, 15) is 9.18 Å². The molecule has 32 heavy (non-hydrogen) atoms. The fourth-order valence-corrected chi connectivity index (χ4v) is 3.50. The summed E-state index contributed by atoms with van der Waals surface area (Å²) < 4.78 is 19.4. The number of halogens is 2. The first-order chi connectivity index (χ1) is 15.5. The largest absolute Gasteiger partial charge is 0.492 e. The van der Waals surface area contributed by atoms with Gasteiger partial charge in [0, 0.05) is 5.39 Å². The molecule has 0 aliphatic carbocycles. The molecule has 0 bridgehead atoms. The molecule has 0 unspecified atom stereocenters. The third-order valence-electron chi connectivity index (χ3n) is 4.73. The van der Waals surface area contributed by atoms with Crippen LogP contribution in [-0.4, -0.2) is 24.2 Å². The number of ether oxygens (including phenoxy) is 1. The Kier molecular flexibility index (Phi) is 6.37. The molecule has 0 saturated carbocycles. The van der Waals surface area contributed by atoms with E-state index in [2.05, 4.69) is 15.6 Å². The van der Waals surface area contributed by atoms with E-state index in [0.29, 0.717) is 22.1 Å². The standard InChI is InChI=1S/C24H20ClFN4O2/c25-19-8-4-7-17-18(14-22(27)30-23(17)19)15-5-3-6-16(13-15)32-12-11-28-24(31)29-21-10-2-1-9-20(21)26/h1-10,13-14H,11-12H2,(H2,27,30)(H2,28,29,31). The summed E-state index contributed by atoms with van der Waals surface area (Å²) >= 11 is 6.29. The minimum absolute atomic E-state index is 0.113. The van der Waals surface area contributed by atoms with Crippen LogP contribution in [0.15, 0.2) is 72.8 Å². The number of nitrogens with two attached hydrogens (primary N) is 1.